The first kappa shape index (κ1) is 7.98. The standard InChI is InChI=1S/C8H9BN4/c1-5-8-7(3-10-4-11-8)12-6(2)13(5)9/h3-4H,1,9H2,2H3. The van der Waals surface area contributed by atoms with E-state index in [2.05, 4.69) is 21.5 Å². The molecule has 2 heterocycles. The summed E-state index contributed by atoms with van der Waals surface area (Å²) in [5.41, 5.74) is 2.47. The summed E-state index contributed by atoms with van der Waals surface area (Å²) in [6, 6.07) is 0. The minimum Gasteiger partial charge on any atom is -0.381 e. The lowest BCUT2D eigenvalue weighted by atomic mass is 10.1. The Morgan fingerprint density at radius 2 is 2.31 bits per heavy atom. The molecule has 0 radical (unpaired) electrons. The molecule has 0 unspecified atom stereocenters. The predicted octanol–water partition coefficient (Wildman–Crippen LogP) is 0.361. The zero-order valence-electron chi connectivity index (χ0n) is 7.65. The van der Waals surface area contributed by atoms with Crippen molar-refractivity contribution in [1.29, 1.82) is 0 Å². The Balaban J connectivity index is 2.63. The van der Waals surface area contributed by atoms with Crippen molar-refractivity contribution in [2.24, 2.45) is 4.99 Å². The zero-order valence-corrected chi connectivity index (χ0v) is 7.65. The van der Waals surface area contributed by atoms with E-state index >= 15 is 0 Å². The van der Waals surface area contributed by atoms with Crippen molar-refractivity contribution in [3.63, 3.8) is 0 Å². The fourth-order valence-corrected chi connectivity index (χ4v) is 1.23. The highest BCUT2D eigenvalue weighted by Crippen LogP contribution is 2.28. The van der Waals surface area contributed by atoms with Gasteiger partial charge < -0.3 is 4.81 Å². The van der Waals surface area contributed by atoms with Crippen LogP contribution in [0.4, 0.5) is 5.69 Å². The molecule has 2 rings (SSSR count). The molecular formula is C8H9BN4. The number of aromatic nitrogens is 2. The molecule has 1 aromatic rings. The monoisotopic (exact) mass is 172 g/mol. The van der Waals surface area contributed by atoms with Gasteiger partial charge in [0, 0.05) is 0 Å². The van der Waals surface area contributed by atoms with Crippen LogP contribution in [0.5, 0.6) is 0 Å². The lowest BCUT2D eigenvalue weighted by Gasteiger charge is -2.26. The Bertz CT molecular complexity index is 399. The summed E-state index contributed by atoms with van der Waals surface area (Å²) >= 11 is 0. The second kappa shape index (κ2) is 2.69. The molecule has 1 aromatic heterocycles. The van der Waals surface area contributed by atoms with Crippen LogP contribution in [0.25, 0.3) is 5.70 Å². The summed E-state index contributed by atoms with van der Waals surface area (Å²) in [5.74, 6) is 0.910. The van der Waals surface area contributed by atoms with Gasteiger partial charge in [-0.1, -0.05) is 6.58 Å². The van der Waals surface area contributed by atoms with E-state index in [1.807, 2.05) is 19.7 Å². The highest BCUT2D eigenvalue weighted by molar-refractivity contribution is 6.22. The third-order valence-corrected chi connectivity index (χ3v) is 2.14. The van der Waals surface area contributed by atoms with Crippen molar-refractivity contribution in [3.8, 4) is 0 Å². The van der Waals surface area contributed by atoms with Crippen LogP contribution in [0.1, 0.15) is 12.6 Å². The van der Waals surface area contributed by atoms with Crippen LogP contribution in [0.2, 0.25) is 0 Å². The molecule has 0 spiro atoms. The summed E-state index contributed by atoms with van der Waals surface area (Å²) in [5, 5.41) is 0. The van der Waals surface area contributed by atoms with Gasteiger partial charge in [0.15, 0.2) is 0 Å². The van der Waals surface area contributed by atoms with Crippen LogP contribution in [0.3, 0.4) is 0 Å². The smallest absolute Gasteiger partial charge is 0.225 e. The number of hydrogen-bond donors (Lipinski definition) is 0. The minimum atomic E-state index is 0.795. The quantitative estimate of drug-likeness (QED) is 0.530. The Hall–Kier alpha value is -1.65. The largest absolute Gasteiger partial charge is 0.381 e. The number of hydrogen-bond acceptors (Lipinski definition) is 4. The maximum Gasteiger partial charge on any atom is 0.225 e. The van der Waals surface area contributed by atoms with Crippen molar-refractivity contribution in [3.05, 3.63) is 24.8 Å². The molecule has 0 saturated heterocycles. The van der Waals surface area contributed by atoms with Gasteiger partial charge in [0.1, 0.15) is 17.7 Å². The molecular weight excluding hydrogens is 163 g/mol. The van der Waals surface area contributed by atoms with E-state index in [0.717, 1.165) is 22.9 Å². The van der Waals surface area contributed by atoms with Crippen molar-refractivity contribution >= 4 is 25.2 Å². The first-order valence-corrected chi connectivity index (χ1v) is 3.98. The lowest BCUT2D eigenvalue weighted by molar-refractivity contribution is 0.887. The van der Waals surface area contributed by atoms with E-state index in [4.69, 9.17) is 0 Å². The molecule has 0 aromatic carbocycles. The van der Waals surface area contributed by atoms with Crippen LogP contribution < -0.4 is 0 Å². The lowest BCUT2D eigenvalue weighted by Crippen LogP contribution is -2.26. The summed E-state index contributed by atoms with van der Waals surface area (Å²) in [4.78, 5) is 14.3. The van der Waals surface area contributed by atoms with Crippen LogP contribution in [0, 0.1) is 0 Å². The van der Waals surface area contributed by atoms with Crippen molar-refractivity contribution in [2.45, 2.75) is 6.92 Å². The SMILES string of the molecule is BN1C(=C)c2ncncc2N=C1C. The molecule has 0 atom stereocenters. The Labute approximate surface area is 77.5 Å². The van der Waals surface area contributed by atoms with E-state index in [1.165, 1.54) is 6.33 Å². The molecule has 13 heavy (non-hydrogen) atoms. The van der Waals surface area contributed by atoms with Gasteiger partial charge in [-0.15, -0.1) is 0 Å². The van der Waals surface area contributed by atoms with Crippen LogP contribution in [-0.4, -0.2) is 28.6 Å². The van der Waals surface area contributed by atoms with E-state index < -0.39 is 0 Å². The Morgan fingerprint density at radius 3 is 3.08 bits per heavy atom. The number of fused-ring (bicyclic) bond motifs is 1. The molecule has 0 N–H and O–H groups in total. The molecule has 1 aliphatic rings. The predicted molar refractivity (Wildman–Crippen MR) is 54.2 cm³/mol. The average Bonchev–Trinajstić information content (AvgIpc) is 2.15. The van der Waals surface area contributed by atoms with E-state index in [0.29, 0.717) is 0 Å². The van der Waals surface area contributed by atoms with Gasteiger partial charge >= 0.3 is 0 Å². The molecule has 0 amide bonds. The minimum absolute atomic E-state index is 0.795. The Morgan fingerprint density at radius 1 is 1.54 bits per heavy atom. The van der Waals surface area contributed by atoms with E-state index in [-0.39, 0.29) is 0 Å². The molecule has 0 bridgehead atoms. The highest BCUT2D eigenvalue weighted by Gasteiger charge is 2.17. The molecule has 5 heteroatoms. The van der Waals surface area contributed by atoms with Gasteiger partial charge in [-0.2, -0.15) is 0 Å². The molecule has 1 aliphatic heterocycles. The van der Waals surface area contributed by atoms with Gasteiger partial charge in [-0.3, -0.25) is 0 Å². The van der Waals surface area contributed by atoms with Crippen LogP contribution >= 0.6 is 0 Å². The second-order valence-corrected chi connectivity index (χ2v) is 2.92. The first-order valence-electron chi connectivity index (χ1n) is 3.98. The topological polar surface area (TPSA) is 41.4 Å². The number of amidine groups is 1. The fourth-order valence-electron chi connectivity index (χ4n) is 1.23. The average molecular weight is 172 g/mol. The highest BCUT2D eigenvalue weighted by atomic mass is 15.2. The first-order chi connectivity index (χ1) is 6.20. The fraction of sp³-hybridized carbons (Fsp3) is 0.125. The number of rotatable bonds is 0. The normalized spacial score (nSPS) is 15.3. The maximum atomic E-state index is 4.33. The van der Waals surface area contributed by atoms with Gasteiger partial charge in [0.25, 0.3) is 0 Å². The van der Waals surface area contributed by atoms with E-state index in [1.54, 1.807) is 6.20 Å². The van der Waals surface area contributed by atoms with Gasteiger partial charge in [-0.25, -0.2) is 15.0 Å². The van der Waals surface area contributed by atoms with Crippen molar-refractivity contribution < 1.29 is 0 Å². The number of nitrogens with zero attached hydrogens (tertiary/aromatic N) is 4. The van der Waals surface area contributed by atoms with Crippen LogP contribution in [0.15, 0.2) is 24.1 Å². The van der Waals surface area contributed by atoms with Crippen LogP contribution in [-0.2, 0) is 0 Å². The number of aliphatic imine (C=N–C) groups is 1. The third kappa shape index (κ3) is 1.12. The molecule has 4 nitrogen and oxygen atoms in total. The van der Waals surface area contributed by atoms with Crippen molar-refractivity contribution in [1.82, 2.24) is 14.8 Å². The zero-order chi connectivity index (χ0) is 9.42. The summed E-state index contributed by atoms with van der Waals surface area (Å²) in [6.07, 6.45) is 3.21. The van der Waals surface area contributed by atoms with Crippen molar-refractivity contribution in [2.75, 3.05) is 0 Å². The summed E-state index contributed by atoms with van der Waals surface area (Å²) in [6.45, 7) is 5.87. The molecule has 0 aliphatic carbocycles. The van der Waals surface area contributed by atoms with Gasteiger partial charge in [0.2, 0.25) is 7.98 Å². The third-order valence-electron chi connectivity index (χ3n) is 2.14. The van der Waals surface area contributed by atoms with E-state index in [9.17, 15) is 0 Å². The molecule has 64 valence electrons. The van der Waals surface area contributed by atoms with Gasteiger partial charge in [-0.05, 0) is 6.92 Å². The maximum absolute atomic E-state index is 4.33. The Kier molecular flexibility index (Phi) is 1.65. The molecule has 0 saturated carbocycles. The summed E-state index contributed by atoms with van der Waals surface area (Å²) < 4.78 is 0. The molecule has 0 fully saturated rings. The van der Waals surface area contributed by atoms with Gasteiger partial charge in [0.05, 0.1) is 17.7 Å². The second-order valence-electron chi connectivity index (χ2n) is 2.92. The summed E-state index contributed by atoms with van der Waals surface area (Å²) in [7, 11) is 1.92.